The molecule has 138 valence electrons. The number of carbonyl (C=O) groups excluding carboxylic acids is 1. The van der Waals surface area contributed by atoms with Gasteiger partial charge in [0.1, 0.15) is 17.4 Å². The maximum Gasteiger partial charge on any atom is 0.255 e. The fourth-order valence-electron chi connectivity index (χ4n) is 2.44. The average Bonchev–Trinajstić information content (AvgIpc) is 2.69. The summed E-state index contributed by atoms with van der Waals surface area (Å²) >= 11 is 0. The molecule has 0 aliphatic carbocycles. The fraction of sp³-hybridized carbons (Fsp3) is 0.150. The van der Waals surface area contributed by atoms with Crippen LogP contribution in [0.1, 0.15) is 16.2 Å². The Hall–Kier alpha value is -3.61. The Labute approximate surface area is 157 Å². The summed E-state index contributed by atoms with van der Waals surface area (Å²) < 4.78 is 10.2. The second-order valence-electron chi connectivity index (χ2n) is 5.73. The summed E-state index contributed by atoms with van der Waals surface area (Å²) in [7, 11) is 3.15. The van der Waals surface area contributed by atoms with Crippen molar-refractivity contribution in [2.45, 2.75) is 6.92 Å². The van der Waals surface area contributed by atoms with Crippen molar-refractivity contribution in [1.82, 2.24) is 9.97 Å². The molecule has 2 N–H and O–H groups in total. The van der Waals surface area contributed by atoms with Gasteiger partial charge in [-0.15, -0.1) is 0 Å². The molecular formula is C20H20N4O3. The fourth-order valence-corrected chi connectivity index (χ4v) is 2.44. The van der Waals surface area contributed by atoms with E-state index in [2.05, 4.69) is 20.6 Å². The van der Waals surface area contributed by atoms with Gasteiger partial charge in [-0.1, -0.05) is 0 Å². The third kappa shape index (κ3) is 4.72. The summed E-state index contributed by atoms with van der Waals surface area (Å²) in [5.41, 5.74) is 2.08. The topological polar surface area (TPSA) is 85.4 Å². The number of nitrogens with zero attached hydrogens (tertiary/aromatic N) is 2. The number of aryl methyl sites for hydroxylation is 1. The van der Waals surface area contributed by atoms with Crippen LogP contribution in [-0.2, 0) is 0 Å². The quantitative estimate of drug-likeness (QED) is 0.692. The highest BCUT2D eigenvalue weighted by Gasteiger charge is 2.07. The normalized spacial score (nSPS) is 10.2. The first-order valence-corrected chi connectivity index (χ1v) is 8.29. The van der Waals surface area contributed by atoms with Crippen molar-refractivity contribution >= 4 is 23.1 Å². The van der Waals surface area contributed by atoms with E-state index < -0.39 is 0 Å². The Bertz CT molecular complexity index is 925. The van der Waals surface area contributed by atoms with E-state index in [1.54, 1.807) is 51.5 Å². The van der Waals surface area contributed by atoms with Crippen molar-refractivity contribution in [1.29, 1.82) is 0 Å². The zero-order chi connectivity index (χ0) is 19.2. The minimum absolute atomic E-state index is 0.186. The van der Waals surface area contributed by atoms with Crippen LogP contribution in [0.3, 0.4) is 0 Å². The van der Waals surface area contributed by atoms with Crippen LogP contribution in [0.15, 0.2) is 54.6 Å². The molecule has 0 fully saturated rings. The largest absolute Gasteiger partial charge is 0.497 e. The molecule has 1 heterocycles. The minimum atomic E-state index is -0.186. The Balaban J connectivity index is 1.66. The summed E-state index contributed by atoms with van der Waals surface area (Å²) in [5, 5.41) is 6.05. The van der Waals surface area contributed by atoms with Gasteiger partial charge in [-0.25, -0.2) is 4.98 Å². The highest BCUT2D eigenvalue weighted by Crippen LogP contribution is 2.21. The van der Waals surface area contributed by atoms with Crippen LogP contribution in [0.2, 0.25) is 0 Å². The van der Waals surface area contributed by atoms with Crippen LogP contribution in [-0.4, -0.2) is 30.1 Å². The maximum absolute atomic E-state index is 12.3. The summed E-state index contributed by atoms with van der Waals surface area (Å²) in [4.78, 5) is 20.8. The first-order chi connectivity index (χ1) is 13.1. The van der Waals surface area contributed by atoms with Gasteiger partial charge in [0.2, 0.25) is 5.88 Å². The van der Waals surface area contributed by atoms with Gasteiger partial charge >= 0.3 is 0 Å². The number of hydrogen-bond donors (Lipinski definition) is 2. The van der Waals surface area contributed by atoms with Crippen LogP contribution in [0.25, 0.3) is 0 Å². The molecule has 7 heteroatoms. The lowest BCUT2D eigenvalue weighted by atomic mass is 10.2. The van der Waals surface area contributed by atoms with E-state index in [4.69, 9.17) is 9.47 Å². The number of hydrogen-bond acceptors (Lipinski definition) is 6. The third-order valence-corrected chi connectivity index (χ3v) is 3.79. The third-order valence-electron chi connectivity index (χ3n) is 3.79. The van der Waals surface area contributed by atoms with Gasteiger partial charge in [0.15, 0.2) is 0 Å². The minimum Gasteiger partial charge on any atom is -0.497 e. The number of benzene rings is 2. The number of methoxy groups -OCH3 is 2. The number of rotatable bonds is 6. The molecule has 7 nitrogen and oxygen atoms in total. The van der Waals surface area contributed by atoms with Gasteiger partial charge < -0.3 is 20.1 Å². The van der Waals surface area contributed by atoms with Gasteiger partial charge in [-0.2, -0.15) is 4.98 Å². The lowest BCUT2D eigenvalue weighted by Crippen LogP contribution is -2.11. The van der Waals surface area contributed by atoms with Crippen molar-refractivity contribution < 1.29 is 14.3 Å². The van der Waals surface area contributed by atoms with E-state index in [1.165, 1.54) is 0 Å². The van der Waals surface area contributed by atoms with Crippen LogP contribution < -0.4 is 20.1 Å². The van der Waals surface area contributed by atoms with Gasteiger partial charge in [-0.05, 0) is 55.5 Å². The predicted molar refractivity (Wildman–Crippen MR) is 104 cm³/mol. The molecule has 1 amide bonds. The van der Waals surface area contributed by atoms with E-state index in [-0.39, 0.29) is 5.91 Å². The summed E-state index contributed by atoms with van der Waals surface area (Å²) in [6.45, 7) is 1.80. The molecule has 2 aromatic carbocycles. The van der Waals surface area contributed by atoms with E-state index in [1.807, 2.05) is 24.3 Å². The average molecular weight is 364 g/mol. The molecule has 0 radical (unpaired) electrons. The number of aromatic nitrogens is 2. The Morgan fingerprint density at radius 3 is 2.19 bits per heavy atom. The first kappa shape index (κ1) is 18.2. The van der Waals surface area contributed by atoms with Crippen molar-refractivity contribution in [3.8, 4) is 11.6 Å². The molecular weight excluding hydrogens is 344 g/mol. The molecule has 0 unspecified atom stereocenters. The van der Waals surface area contributed by atoms with Crippen LogP contribution >= 0.6 is 0 Å². The number of amides is 1. The Morgan fingerprint density at radius 2 is 1.56 bits per heavy atom. The molecule has 1 aromatic heterocycles. The standard InChI is InChI=1S/C20H20N4O3/c1-13-21-18(12-19(22-13)27-3)23-15-6-8-16(9-7-15)24-20(25)14-4-10-17(26-2)11-5-14/h4-12H,1-3H3,(H,24,25)(H,21,22,23). The zero-order valence-corrected chi connectivity index (χ0v) is 15.3. The molecule has 0 aliphatic heterocycles. The number of ether oxygens (including phenoxy) is 2. The van der Waals surface area contributed by atoms with Crippen molar-refractivity contribution in [3.05, 3.63) is 66.0 Å². The van der Waals surface area contributed by atoms with Gasteiger partial charge in [-0.3, -0.25) is 4.79 Å². The monoisotopic (exact) mass is 364 g/mol. The van der Waals surface area contributed by atoms with E-state index in [9.17, 15) is 4.79 Å². The van der Waals surface area contributed by atoms with Gasteiger partial charge in [0.25, 0.3) is 5.91 Å². The van der Waals surface area contributed by atoms with E-state index in [0.29, 0.717) is 34.5 Å². The molecule has 0 saturated carbocycles. The summed E-state index contributed by atoms with van der Waals surface area (Å²) in [6.07, 6.45) is 0. The van der Waals surface area contributed by atoms with Gasteiger partial charge in [0.05, 0.1) is 14.2 Å². The molecule has 0 spiro atoms. The lowest BCUT2D eigenvalue weighted by molar-refractivity contribution is 0.102. The summed E-state index contributed by atoms with van der Waals surface area (Å²) in [5.74, 6) is 2.26. The second-order valence-corrected chi connectivity index (χ2v) is 5.73. The zero-order valence-electron chi connectivity index (χ0n) is 15.3. The second kappa shape index (κ2) is 8.18. The molecule has 0 aliphatic rings. The maximum atomic E-state index is 12.3. The molecule has 27 heavy (non-hydrogen) atoms. The van der Waals surface area contributed by atoms with Crippen LogP contribution in [0, 0.1) is 6.92 Å². The smallest absolute Gasteiger partial charge is 0.255 e. The molecule has 0 atom stereocenters. The van der Waals surface area contributed by atoms with Crippen molar-refractivity contribution in [2.24, 2.45) is 0 Å². The highest BCUT2D eigenvalue weighted by atomic mass is 16.5. The van der Waals surface area contributed by atoms with Crippen LogP contribution in [0.5, 0.6) is 11.6 Å². The predicted octanol–water partition coefficient (Wildman–Crippen LogP) is 3.80. The van der Waals surface area contributed by atoms with E-state index in [0.717, 1.165) is 5.69 Å². The number of anilines is 3. The van der Waals surface area contributed by atoms with Crippen LogP contribution in [0.4, 0.5) is 17.2 Å². The van der Waals surface area contributed by atoms with Crippen molar-refractivity contribution in [3.63, 3.8) is 0 Å². The molecule has 3 rings (SSSR count). The first-order valence-electron chi connectivity index (χ1n) is 8.29. The van der Waals surface area contributed by atoms with Crippen molar-refractivity contribution in [2.75, 3.05) is 24.9 Å². The lowest BCUT2D eigenvalue weighted by Gasteiger charge is -2.10. The number of carbonyl (C=O) groups is 1. The Kier molecular flexibility index (Phi) is 5.51. The van der Waals surface area contributed by atoms with Gasteiger partial charge in [0, 0.05) is 23.0 Å². The Morgan fingerprint density at radius 1 is 0.889 bits per heavy atom. The molecule has 0 bridgehead atoms. The van der Waals surface area contributed by atoms with E-state index >= 15 is 0 Å². The summed E-state index contributed by atoms with van der Waals surface area (Å²) in [6, 6.07) is 16.0. The highest BCUT2D eigenvalue weighted by molar-refractivity contribution is 6.04. The molecule has 0 saturated heterocycles. The number of nitrogens with one attached hydrogen (secondary N) is 2. The SMILES string of the molecule is COc1ccc(C(=O)Nc2ccc(Nc3cc(OC)nc(C)n3)cc2)cc1. The molecule has 3 aromatic rings.